The highest BCUT2D eigenvalue weighted by Crippen LogP contribution is 2.47. The molecule has 2 saturated heterocycles. The van der Waals surface area contributed by atoms with Crippen LogP contribution in [0.4, 0.5) is 11.4 Å². The number of benzene rings is 3. The molecule has 3 unspecified atom stereocenters. The van der Waals surface area contributed by atoms with Crippen molar-refractivity contribution in [2.24, 2.45) is 5.92 Å². The van der Waals surface area contributed by atoms with Gasteiger partial charge in [-0.05, 0) is 42.0 Å². The van der Waals surface area contributed by atoms with Crippen LogP contribution < -0.4 is 9.96 Å². The van der Waals surface area contributed by atoms with E-state index in [4.69, 9.17) is 4.84 Å². The van der Waals surface area contributed by atoms with Crippen molar-refractivity contribution in [3.8, 4) is 5.75 Å². The smallest absolute Gasteiger partial charge is 0.266 e. The highest BCUT2D eigenvalue weighted by molar-refractivity contribution is 6.23. The predicted molar refractivity (Wildman–Crippen MR) is 107 cm³/mol. The van der Waals surface area contributed by atoms with Crippen LogP contribution in [0.25, 0.3) is 0 Å². The van der Waals surface area contributed by atoms with Crippen molar-refractivity contribution in [1.82, 2.24) is 0 Å². The molecule has 2 amide bonds. The summed E-state index contributed by atoms with van der Waals surface area (Å²) < 4.78 is 0. The normalized spacial score (nSPS) is 23.5. The molecule has 2 fully saturated rings. The molecular weight excluding hydrogens is 368 g/mol. The van der Waals surface area contributed by atoms with Crippen LogP contribution in [0.1, 0.15) is 11.6 Å². The zero-order valence-corrected chi connectivity index (χ0v) is 15.4. The average molecular weight is 386 g/mol. The van der Waals surface area contributed by atoms with Gasteiger partial charge in [0.15, 0.2) is 6.10 Å². The number of hydrogen-bond acceptors (Lipinski definition) is 5. The van der Waals surface area contributed by atoms with E-state index in [-0.39, 0.29) is 17.6 Å². The summed E-state index contributed by atoms with van der Waals surface area (Å²) >= 11 is 0. The first-order valence-electron chi connectivity index (χ1n) is 9.38. The van der Waals surface area contributed by atoms with Crippen LogP contribution in [0.5, 0.6) is 5.75 Å². The van der Waals surface area contributed by atoms with E-state index in [0.29, 0.717) is 5.69 Å². The minimum absolute atomic E-state index is 0.134. The molecule has 1 N–H and O–H groups in total. The molecule has 0 aliphatic carbocycles. The summed E-state index contributed by atoms with van der Waals surface area (Å²) in [6.07, 6.45) is -0.901. The summed E-state index contributed by atoms with van der Waals surface area (Å²) in [5.74, 6) is -1.21. The number of hydrogen-bond donors (Lipinski definition) is 1. The molecule has 29 heavy (non-hydrogen) atoms. The zero-order chi connectivity index (χ0) is 20.0. The maximum absolute atomic E-state index is 13.4. The third-order valence-electron chi connectivity index (χ3n) is 5.38. The SMILES string of the molecule is O=C1C2ON(c3ccccc3)C(c3ccc(O)cc3)C2C(=O)N1c1ccccc1. The van der Waals surface area contributed by atoms with Crippen LogP contribution in [0.15, 0.2) is 84.9 Å². The summed E-state index contributed by atoms with van der Waals surface area (Å²) in [6.45, 7) is 0. The van der Waals surface area contributed by atoms with Crippen molar-refractivity contribution in [2.75, 3.05) is 9.96 Å². The first kappa shape index (κ1) is 17.5. The lowest BCUT2D eigenvalue weighted by atomic mass is 9.90. The van der Waals surface area contributed by atoms with Crippen molar-refractivity contribution in [2.45, 2.75) is 12.1 Å². The molecule has 2 aliphatic heterocycles. The fourth-order valence-corrected chi connectivity index (χ4v) is 4.06. The number of phenols is 1. The average Bonchev–Trinajstić information content (AvgIpc) is 3.26. The second-order valence-electron chi connectivity index (χ2n) is 7.10. The van der Waals surface area contributed by atoms with Crippen LogP contribution in [0.3, 0.4) is 0 Å². The Morgan fingerprint density at radius 3 is 1.93 bits per heavy atom. The first-order valence-corrected chi connectivity index (χ1v) is 9.38. The topological polar surface area (TPSA) is 70.1 Å². The highest BCUT2D eigenvalue weighted by atomic mass is 16.7. The summed E-state index contributed by atoms with van der Waals surface area (Å²) in [5, 5.41) is 11.3. The molecule has 5 rings (SSSR count). The van der Waals surface area contributed by atoms with Gasteiger partial charge in [0, 0.05) is 0 Å². The van der Waals surface area contributed by atoms with E-state index in [2.05, 4.69) is 0 Å². The van der Waals surface area contributed by atoms with E-state index in [9.17, 15) is 14.7 Å². The van der Waals surface area contributed by atoms with Gasteiger partial charge in [-0.3, -0.25) is 14.4 Å². The molecule has 0 bridgehead atoms. The Hall–Kier alpha value is -3.64. The zero-order valence-electron chi connectivity index (χ0n) is 15.4. The molecule has 3 aromatic carbocycles. The third-order valence-corrected chi connectivity index (χ3v) is 5.38. The fourth-order valence-electron chi connectivity index (χ4n) is 4.06. The molecule has 3 aromatic rings. The van der Waals surface area contributed by atoms with Crippen molar-refractivity contribution in [3.05, 3.63) is 90.5 Å². The monoisotopic (exact) mass is 386 g/mol. The van der Waals surface area contributed by atoms with E-state index >= 15 is 0 Å². The Labute approximate surface area is 167 Å². The number of aromatic hydroxyl groups is 1. The number of para-hydroxylation sites is 2. The van der Waals surface area contributed by atoms with Gasteiger partial charge in [-0.15, -0.1) is 0 Å². The van der Waals surface area contributed by atoms with E-state index < -0.39 is 18.1 Å². The summed E-state index contributed by atoms with van der Waals surface area (Å²) in [7, 11) is 0. The molecule has 0 aromatic heterocycles. The van der Waals surface area contributed by atoms with Crippen LogP contribution >= 0.6 is 0 Å². The number of carbonyl (C=O) groups is 2. The number of carbonyl (C=O) groups excluding carboxylic acids is 2. The van der Waals surface area contributed by atoms with Crippen molar-refractivity contribution in [3.63, 3.8) is 0 Å². The predicted octanol–water partition coefficient (Wildman–Crippen LogP) is 3.44. The van der Waals surface area contributed by atoms with Gasteiger partial charge < -0.3 is 5.11 Å². The number of anilines is 2. The Balaban J connectivity index is 1.59. The molecule has 0 spiro atoms. The van der Waals surface area contributed by atoms with Gasteiger partial charge in [-0.2, -0.15) is 0 Å². The molecule has 2 aliphatic rings. The number of amides is 2. The molecule has 6 nitrogen and oxygen atoms in total. The van der Waals surface area contributed by atoms with Crippen LogP contribution in [0, 0.1) is 5.92 Å². The van der Waals surface area contributed by atoms with Crippen LogP contribution in [0.2, 0.25) is 0 Å². The van der Waals surface area contributed by atoms with Gasteiger partial charge in [0.1, 0.15) is 11.7 Å². The molecule has 3 atom stereocenters. The Kier molecular flexibility index (Phi) is 4.07. The highest BCUT2D eigenvalue weighted by Gasteiger charge is 2.60. The van der Waals surface area contributed by atoms with Crippen molar-refractivity contribution < 1.29 is 19.5 Å². The van der Waals surface area contributed by atoms with E-state index in [1.54, 1.807) is 53.6 Å². The number of nitrogens with zero attached hydrogens (tertiary/aromatic N) is 2. The van der Waals surface area contributed by atoms with E-state index in [1.807, 2.05) is 36.4 Å². The van der Waals surface area contributed by atoms with E-state index in [0.717, 1.165) is 11.3 Å². The number of rotatable bonds is 3. The standard InChI is InChI=1S/C23H18N2O4/c26-18-13-11-15(12-14-18)20-19-21(29-25(20)17-9-5-2-6-10-17)23(28)24(22(19)27)16-7-3-1-4-8-16/h1-14,19-21,26H. The molecule has 0 saturated carbocycles. The minimum atomic E-state index is -0.901. The van der Waals surface area contributed by atoms with Crippen molar-refractivity contribution in [1.29, 1.82) is 0 Å². The lowest BCUT2D eigenvalue weighted by molar-refractivity contribution is -0.126. The summed E-state index contributed by atoms with van der Waals surface area (Å²) in [4.78, 5) is 33.8. The number of phenolic OH excluding ortho intramolecular Hbond substituents is 1. The Morgan fingerprint density at radius 1 is 0.724 bits per heavy atom. The third kappa shape index (κ3) is 2.77. The van der Waals surface area contributed by atoms with Gasteiger partial charge in [-0.1, -0.05) is 48.5 Å². The molecule has 144 valence electrons. The lowest BCUT2D eigenvalue weighted by Gasteiger charge is -2.28. The van der Waals surface area contributed by atoms with Gasteiger partial charge in [0.05, 0.1) is 17.4 Å². The van der Waals surface area contributed by atoms with Gasteiger partial charge in [0.25, 0.3) is 5.91 Å². The number of hydroxylamine groups is 1. The van der Waals surface area contributed by atoms with Gasteiger partial charge in [-0.25, -0.2) is 9.96 Å². The minimum Gasteiger partial charge on any atom is -0.508 e. The second kappa shape index (κ2) is 6.76. The van der Waals surface area contributed by atoms with Crippen LogP contribution in [-0.4, -0.2) is 23.0 Å². The summed E-state index contributed by atoms with van der Waals surface area (Å²) in [5.41, 5.74) is 2.08. The van der Waals surface area contributed by atoms with Crippen LogP contribution in [-0.2, 0) is 14.4 Å². The molecular formula is C23H18N2O4. The largest absolute Gasteiger partial charge is 0.508 e. The summed E-state index contributed by atoms with van der Waals surface area (Å²) in [6, 6.07) is 24.4. The maximum Gasteiger partial charge on any atom is 0.266 e. The quantitative estimate of drug-likeness (QED) is 0.699. The number of fused-ring (bicyclic) bond motifs is 1. The van der Waals surface area contributed by atoms with Gasteiger partial charge in [0.2, 0.25) is 5.91 Å². The first-order chi connectivity index (χ1) is 14.1. The lowest BCUT2D eigenvalue weighted by Crippen LogP contribution is -2.37. The van der Waals surface area contributed by atoms with Gasteiger partial charge >= 0.3 is 0 Å². The second-order valence-corrected chi connectivity index (χ2v) is 7.10. The molecule has 2 heterocycles. The Bertz CT molecular complexity index is 1050. The molecule has 6 heteroatoms. The Morgan fingerprint density at radius 2 is 1.31 bits per heavy atom. The van der Waals surface area contributed by atoms with Crippen molar-refractivity contribution >= 4 is 23.2 Å². The number of imide groups is 1. The molecule has 0 radical (unpaired) electrons. The maximum atomic E-state index is 13.4. The fraction of sp³-hybridized carbons (Fsp3) is 0.130. The van der Waals surface area contributed by atoms with E-state index in [1.165, 1.54) is 4.90 Å².